The zero-order valence-corrected chi connectivity index (χ0v) is 17.6. The third kappa shape index (κ3) is 8.91. The average molecular weight is 359 g/mol. The maximum absolute atomic E-state index is 2.38. The maximum atomic E-state index is 2.38. The Morgan fingerprint density at radius 1 is 0.560 bits per heavy atom. The summed E-state index contributed by atoms with van der Waals surface area (Å²) in [5, 5.41) is 0. The van der Waals surface area contributed by atoms with Gasteiger partial charge in [-0.05, 0) is 32.1 Å². The summed E-state index contributed by atoms with van der Waals surface area (Å²) in [6.45, 7) is 14.9. The van der Waals surface area contributed by atoms with Crippen LogP contribution >= 0.6 is 0 Å². The summed E-state index contributed by atoms with van der Waals surface area (Å²) in [5.74, 6) is 3.96. The van der Waals surface area contributed by atoms with Gasteiger partial charge >= 0.3 is 0 Å². The predicted octanol–water partition coefficient (Wildman–Crippen LogP) is 5.92. The van der Waals surface area contributed by atoms with E-state index < -0.39 is 0 Å². The smallest absolute Gasteiger partial charge is 0.0815 e. The van der Waals surface area contributed by atoms with Crippen LogP contribution in [0.4, 0.5) is 0 Å². The number of rotatable bonds is 4. The lowest BCUT2D eigenvalue weighted by Crippen LogP contribution is -2.50. The van der Waals surface area contributed by atoms with Crippen LogP contribution in [0.25, 0.3) is 0 Å². The Labute approximate surface area is 162 Å². The molecule has 0 N–H and O–H groups in total. The summed E-state index contributed by atoms with van der Waals surface area (Å²) in [6, 6.07) is 0. The number of quaternary nitrogens is 2. The lowest BCUT2D eigenvalue weighted by Gasteiger charge is -2.41. The minimum absolute atomic E-state index is 0. The van der Waals surface area contributed by atoms with Crippen molar-refractivity contribution in [1.82, 2.24) is 0 Å². The molecule has 0 radical (unpaired) electrons. The van der Waals surface area contributed by atoms with Crippen molar-refractivity contribution in [1.29, 1.82) is 0 Å². The molecule has 0 amide bonds. The van der Waals surface area contributed by atoms with E-state index in [1.54, 1.807) is 0 Å². The summed E-state index contributed by atoms with van der Waals surface area (Å²) in [4.78, 5) is 0. The van der Waals surface area contributed by atoms with Crippen molar-refractivity contribution in [3.8, 4) is 0 Å². The van der Waals surface area contributed by atoms with Crippen LogP contribution in [0, 0.1) is 23.7 Å². The highest BCUT2D eigenvalue weighted by Gasteiger charge is 2.37. The van der Waals surface area contributed by atoms with Gasteiger partial charge in [-0.1, -0.05) is 42.5 Å². The van der Waals surface area contributed by atoms with Crippen LogP contribution in [-0.2, 0) is 0 Å². The molecule has 2 heterocycles. The van der Waals surface area contributed by atoms with Gasteiger partial charge in [-0.2, -0.15) is 0 Å². The Balaban J connectivity index is 0. The fraction of sp³-hybridized carbons (Fsp3) is 1.00. The van der Waals surface area contributed by atoms with E-state index >= 15 is 0 Å². The predicted molar refractivity (Wildman–Crippen MR) is 117 cm³/mol. The standard InChI is InChI=1S/C11H24N.C10H22N.2CH4/c1-5-10-7-11(6-2)9-12(3,4)8-10;1-5-9-7-11(3,4)8-10(9)6-2;;/h10-11H,5-9H2,1-4H3;9-10H,5-8H2,1-4H3;2*1H4/q2*+1;;. The monoisotopic (exact) mass is 358 g/mol. The molecule has 25 heavy (non-hydrogen) atoms. The van der Waals surface area contributed by atoms with Gasteiger partial charge in [-0.15, -0.1) is 0 Å². The second-order valence-electron chi connectivity index (χ2n) is 9.72. The fourth-order valence-electron chi connectivity index (χ4n) is 5.25. The second-order valence-corrected chi connectivity index (χ2v) is 9.72. The summed E-state index contributed by atoms with van der Waals surface area (Å²) >= 11 is 0. The number of hydrogen-bond donors (Lipinski definition) is 0. The average Bonchev–Trinajstić information content (AvgIpc) is 2.80. The number of hydrogen-bond acceptors (Lipinski definition) is 0. The Morgan fingerprint density at radius 3 is 1.16 bits per heavy atom. The van der Waals surface area contributed by atoms with Crippen LogP contribution in [0.5, 0.6) is 0 Å². The zero-order valence-electron chi connectivity index (χ0n) is 17.6. The van der Waals surface area contributed by atoms with E-state index in [0.29, 0.717) is 0 Å². The first kappa shape index (κ1) is 27.1. The first-order valence-corrected chi connectivity index (χ1v) is 10.3. The van der Waals surface area contributed by atoms with Crippen molar-refractivity contribution in [2.45, 2.75) is 74.7 Å². The Kier molecular flexibility index (Phi) is 12.6. The van der Waals surface area contributed by atoms with Crippen LogP contribution in [-0.4, -0.2) is 63.3 Å². The molecule has 2 saturated heterocycles. The lowest BCUT2D eigenvalue weighted by molar-refractivity contribution is -0.902. The molecule has 0 aromatic rings. The van der Waals surface area contributed by atoms with Gasteiger partial charge in [0.1, 0.15) is 0 Å². The summed E-state index contributed by atoms with van der Waals surface area (Å²) in [7, 11) is 9.48. The zero-order chi connectivity index (χ0) is 17.7. The van der Waals surface area contributed by atoms with Crippen LogP contribution in [0.1, 0.15) is 74.7 Å². The quantitative estimate of drug-likeness (QED) is 0.547. The Hall–Kier alpha value is -0.0800. The highest BCUT2D eigenvalue weighted by Crippen LogP contribution is 2.31. The van der Waals surface area contributed by atoms with Gasteiger partial charge in [0.15, 0.2) is 0 Å². The summed E-state index contributed by atoms with van der Waals surface area (Å²) < 4.78 is 2.49. The Bertz CT molecular complexity index is 307. The number of piperidine rings is 1. The van der Waals surface area contributed by atoms with Crippen molar-refractivity contribution in [2.24, 2.45) is 23.7 Å². The molecule has 154 valence electrons. The molecular formula is C23H54N2+2. The molecule has 4 atom stereocenters. The van der Waals surface area contributed by atoms with E-state index in [1.165, 1.54) is 67.2 Å². The van der Waals surface area contributed by atoms with Gasteiger partial charge in [0, 0.05) is 23.7 Å². The Morgan fingerprint density at radius 2 is 0.880 bits per heavy atom. The van der Waals surface area contributed by atoms with E-state index in [-0.39, 0.29) is 14.9 Å². The van der Waals surface area contributed by atoms with E-state index in [1.807, 2.05) is 0 Å². The van der Waals surface area contributed by atoms with E-state index in [9.17, 15) is 0 Å². The van der Waals surface area contributed by atoms with Gasteiger partial charge in [0.25, 0.3) is 0 Å². The molecule has 2 heteroatoms. The molecule has 2 nitrogen and oxygen atoms in total. The normalized spacial score (nSPS) is 32.6. The van der Waals surface area contributed by atoms with Gasteiger partial charge < -0.3 is 8.97 Å². The van der Waals surface area contributed by atoms with E-state index in [4.69, 9.17) is 0 Å². The first-order chi connectivity index (χ1) is 10.7. The molecule has 2 aliphatic heterocycles. The molecule has 4 unspecified atom stereocenters. The molecule has 0 saturated carbocycles. The summed E-state index contributed by atoms with van der Waals surface area (Å²) in [6.07, 6.45) is 6.98. The molecular weight excluding hydrogens is 304 g/mol. The molecule has 2 aliphatic rings. The molecule has 0 aliphatic carbocycles. The SMILES string of the molecule is C.C.CCC1CC(CC)C[N+](C)(C)C1.CCC1C[N+](C)(C)CC1CC. The topological polar surface area (TPSA) is 0 Å². The summed E-state index contributed by atoms with van der Waals surface area (Å²) in [5.41, 5.74) is 0. The van der Waals surface area contributed by atoms with Crippen molar-refractivity contribution < 1.29 is 8.97 Å². The van der Waals surface area contributed by atoms with Crippen LogP contribution in [0.2, 0.25) is 0 Å². The number of likely N-dealkylation sites (tertiary alicyclic amines) is 2. The first-order valence-electron chi connectivity index (χ1n) is 10.3. The van der Waals surface area contributed by atoms with Gasteiger partial charge in [0.05, 0.1) is 54.4 Å². The molecule has 2 rings (SSSR count). The molecule has 0 aromatic heterocycles. The van der Waals surface area contributed by atoms with E-state index in [2.05, 4.69) is 55.9 Å². The third-order valence-corrected chi connectivity index (χ3v) is 6.50. The van der Waals surface area contributed by atoms with Gasteiger partial charge in [-0.3, -0.25) is 0 Å². The van der Waals surface area contributed by atoms with Gasteiger partial charge in [-0.25, -0.2) is 0 Å². The van der Waals surface area contributed by atoms with Crippen molar-refractivity contribution in [3.05, 3.63) is 0 Å². The highest BCUT2D eigenvalue weighted by atomic mass is 15.3. The highest BCUT2D eigenvalue weighted by molar-refractivity contribution is 4.73. The van der Waals surface area contributed by atoms with Crippen LogP contribution in [0.3, 0.4) is 0 Å². The van der Waals surface area contributed by atoms with Crippen LogP contribution in [0.15, 0.2) is 0 Å². The minimum Gasteiger partial charge on any atom is -0.328 e. The fourth-order valence-corrected chi connectivity index (χ4v) is 5.25. The van der Waals surface area contributed by atoms with E-state index in [0.717, 1.165) is 23.7 Å². The number of nitrogens with zero attached hydrogens (tertiary/aromatic N) is 2. The second kappa shape index (κ2) is 11.6. The third-order valence-electron chi connectivity index (χ3n) is 6.50. The maximum Gasteiger partial charge on any atom is 0.0815 e. The largest absolute Gasteiger partial charge is 0.328 e. The van der Waals surface area contributed by atoms with Crippen molar-refractivity contribution in [3.63, 3.8) is 0 Å². The van der Waals surface area contributed by atoms with Crippen molar-refractivity contribution in [2.75, 3.05) is 54.4 Å². The minimum atomic E-state index is 0. The molecule has 0 spiro atoms. The molecule has 0 aromatic carbocycles. The van der Waals surface area contributed by atoms with Crippen LogP contribution < -0.4 is 0 Å². The van der Waals surface area contributed by atoms with Gasteiger partial charge in [0.2, 0.25) is 0 Å². The lowest BCUT2D eigenvalue weighted by atomic mass is 9.85. The van der Waals surface area contributed by atoms with Crippen molar-refractivity contribution >= 4 is 0 Å². The molecule has 0 bridgehead atoms. The molecule has 2 fully saturated rings.